The average molecular weight is 389 g/mol. The fraction of sp³-hybridized carbons (Fsp3) is 0.826. The first kappa shape index (κ1) is 18.3. The molecule has 0 heterocycles. The number of fused-ring (bicyclic) bond motifs is 7. The Bertz CT molecular complexity index is 729. The third-order valence-corrected chi connectivity index (χ3v) is 9.75. The van der Waals surface area contributed by atoms with Gasteiger partial charge in [0, 0.05) is 23.5 Å². The largest absolute Gasteiger partial charge is 0.461 e. The molecule has 4 saturated carbocycles. The van der Waals surface area contributed by atoms with Gasteiger partial charge in [0.25, 0.3) is 0 Å². The van der Waals surface area contributed by atoms with Crippen LogP contribution in [0.15, 0.2) is 11.6 Å². The molecule has 0 amide bonds. The second-order valence-electron chi connectivity index (χ2n) is 10.4. The SMILES string of the molecule is CCC(=O)OC1C2CC2C2C3C(S)CC4=CC(=O)CCC4(C)C3CCC12C. The van der Waals surface area contributed by atoms with Crippen LogP contribution >= 0.6 is 12.6 Å². The molecule has 0 bridgehead atoms. The molecule has 0 spiro atoms. The van der Waals surface area contributed by atoms with E-state index in [4.69, 9.17) is 17.4 Å². The lowest BCUT2D eigenvalue weighted by Gasteiger charge is -2.60. The van der Waals surface area contributed by atoms with E-state index in [1.54, 1.807) is 0 Å². The van der Waals surface area contributed by atoms with E-state index < -0.39 is 0 Å². The fourth-order valence-corrected chi connectivity index (χ4v) is 8.45. The Hall–Kier alpha value is -0.770. The molecule has 0 aromatic carbocycles. The normalized spacial score (nSPS) is 52.8. The molecule has 0 N–H and O–H groups in total. The number of carbonyl (C=O) groups excluding carboxylic acids is 2. The van der Waals surface area contributed by atoms with Crippen LogP contribution in [0.2, 0.25) is 0 Å². The summed E-state index contributed by atoms with van der Waals surface area (Å²) in [6.45, 7) is 6.70. The topological polar surface area (TPSA) is 43.4 Å². The average Bonchev–Trinajstić information content (AvgIpc) is 3.36. The third-order valence-electron chi connectivity index (χ3n) is 9.22. The van der Waals surface area contributed by atoms with Crippen LogP contribution in [0, 0.1) is 40.4 Å². The molecule has 5 aliphatic rings. The van der Waals surface area contributed by atoms with E-state index in [1.165, 1.54) is 18.4 Å². The van der Waals surface area contributed by atoms with Crippen molar-refractivity contribution < 1.29 is 14.3 Å². The molecule has 0 aliphatic heterocycles. The van der Waals surface area contributed by atoms with Crippen molar-refractivity contribution in [3.05, 3.63) is 11.6 Å². The van der Waals surface area contributed by atoms with Gasteiger partial charge in [-0.15, -0.1) is 0 Å². The molecule has 0 aromatic heterocycles. The number of hydrogen-bond donors (Lipinski definition) is 1. The molecule has 5 rings (SSSR count). The lowest BCUT2D eigenvalue weighted by molar-refractivity contribution is -0.163. The van der Waals surface area contributed by atoms with Crippen LogP contribution in [0.3, 0.4) is 0 Å². The van der Waals surface area contributed by atoms with E-state index in [2.05, 4.69) is 13.8 Å². The van der Waals surface area contributed by atoms with Crippen LogP contribution < -0.4 is 0 Å². The summed E-state index contributed by atoms with van der Waals surface area (Å²) in [6, 6.07) is 0. The predicted molar refractivity (Wildman–Crippen MR) is 107 cm³/mol. The Morgan fingerprint density at radius 1 is 1.30 bits per heavy atom. The molecule has 5 aliphatic carbocycles. The molecule has 148 valence electrons. The molecular weight excluding hydrogens is 356 g/mol. The van der Waals surface area contributed by atoms with Crippen molar-refractivity contribution in [2.45, 2.75) is 77.1 Å². The van der Waals surface area contributed by atoms with Gasteiger partial charge in [-0.1, -0.05) is 26.3 Å². The zero-order valence-electron chi connectivity index (χ0n) is 16.7. The highest BCUT2D eigenvalue weighted by molar-refractivity contribution is 7.81. The van der Waals surface area contributed by atoms with Gasteiger partial charge in [-0.05, 0) is 73.2 Å². The second-order valence-corrected chi connectivity index (χ2v) is 11.1. The summed E-state index contributed by atoms with van der Waals surface area (Å²) in [4.78, 5) is 24.1. The van der Waals surface area contributed by atoms with Crippen molar-refractivity contribution in [3.63, 3.8) is 0 Å². The number of rotatable bonds is 2. The smallest absolute Gasteiger partial charge is 0.305 e. The Morgan fingerprint density at radius 2 is 2.07 bits per heavy atom. The summed E-state index contributed by atoms with van der Waals surface area (Å²) in [5.41, 5.74) is 1.65. The van der Waals surface area contributed by atoms with Crippen LogP contribution in [0.5, 0.6) is 0 Å². The van der Waals surface area contributed by atoms with E-state index >= 15 is 0 Å². The maximum absolute atomic E-state index is 12.1. The van der Waals surface area contributed by atoms with Gasteiger partial charge in [0.15, 0.2) is 5.78 Å². The number of ether oxygens (including phenoxy) is 1. The van der Waals surface area contributed by atoms with E-state index in [0.29, 0.717) is 53.5 Å². The minimum Gasteiger partial charge on any atom is -0.461 e. The van der Waals surface area contributed by atoms with Crippen LogP contribution in [-0.2, 0) is 14.3 Å². The first-order chi connectivity index (χ1) is 12.8. The number of allylic oxidation sites excluding steroid dienone is 1. The van der Waals surface area contributed by atoms with E-state index in [-0.39, 0.29) is 22.9 Å². The lowest BCUT2D eigenvalue weighted by atomic mass is 9.46. The van der Waals surface area contributed by atoms with Crippen molar-refractivity contribution >= 4 is 24.4 Å². The maximum Gasteiger partial charge on any atom is 0.305 e. The highest BCUT2D eigenvalue weighted by Gasteiger charge is 2.72. The zero-order chi connectivity index (χ0) is 19.1. The highest BCUT2D eigenvalue weighted by atomic mass is 32.1. The molecule has 9 atom stereocenters. The molecule has 4 fully saturated rings. The monoisotopic (exact) mass is 388 g/mol. The molecule has 3 nitrogen and oxygen atoms in total. The third kappa shape index (κ3) is 2.41. The van der Waals surface area contributed by atoms with Gasteiger partial charge >= 0.3 is 5.97 Å². The van der Waals surface area contributed by atoms with Gasteiger partial charge < -0.3 is 4.74 Å². The molecule has 4 heteroatoms. The maximum atomic E-state index is 12.1. The first-order valence-electron chi connectivity index (χ1n) is 10.9. The minimum atomic E-state index is -0.0382. The Morgan fingerprint density at radius 3 is 2.81 bits per heavy atom. The number of carbonyl (C=O) groups is 2. The molecule has 0 saturated heterocycles. The van der Waals surface area contributed by atoms with Crippen molar-refractivity contribution in [2.75, 3.05) is 0 Å². The number of hydrogen-bond acceptors (Lipinski definition) is 4. The Kier molecular flexibility index (Phi) is 3.97. The van der Waals surface area contributed by atoms with E-state index in [0.717, 1.165) is 19.3 Å². The summed E-state index contributed by atoms with van der Waals surface area (Å²) >= 11 is 5.10. The van der Waals surface area contributed by atoms with Gasteiger partial charge in [-0.25, -0.2) is 0 Å². The van der Waals surface area contributed by atoms with Gasteiger partial charge in [0.2, 0.25) is 0 Å². The number of esters is 1. The highest BCUT2D eigenvalue weighted by Crippen LogP contribution is 2.74. The zero-order valence-corrected chi connectivity index (χ0v) is 17.6. The summed E-state index contributed by atoms with van der Waals surface area (Å²) in [6.07, 6.45) is 8.74. The van der Waals surface area contributed by atoms with Gasteiger partial charge in [0.05, 0.1) is 0 Å². The van der Waals surface area contributed by atoms with E-state index in [9.17, 15) is 9.59 Å². The molecule has 27 heavy (non-hydrogen) atoms. The Balaban J connectivity index is 1.50. The van der Waals surface area contributed by atoms with Crippen LogP contribution in [0.4, 0.5) is 0 Å². The van der Waals surface area contributed by atoms with Crippen LogP contribution in [-0.4, -0.2) is 23.1 Å². The van der Waals surface area contributed by atoms with Crippen LogP contribution in [0.1, 0.15) is 65.7 Å². The van der Waals surface area contributed by atoms with E-state index in [1.807, 2.05) is 13.0 Å². The molecule has 0 aromatic rings. The van der Waals surface area contributed by atoms with Gasteiger partial charge in [0.1, 0.15) is 6.10 Å². The summed E-state index contributed by atoms with van der Waals surface area (Å²) < 4.78 is 6.03. The van der Waals surface area contributed by atoms with Crippen LogP contribution in [0.25, 0.3) is 0 Å². The number of ketones is 1. The molecular formula is C23H32O3S. The minimum absolute atomic E-state index is 0.0382. The molecule has 9 unspecified atom stereocenters. The summed E-state index contributed by atoms with van der Waals surface area (Å²) in [5.74, 6) is 3.38. The van der Waals surface area contributed by atoms with Gasteiger partial charge in [-0.3, -0.25) is 9.59 Å². The summed E-state index contributed by atoms with van der Waals surface area (Å²) in [7, 11) is 0. The van der Waals surface area contributed by atoms with Crippen molar-refractivity contribution in [1.29, 1.82) is 0 Å². The standard InChI is InChI=1S/C23H32O3S/c1-4-18(25)26-21-15-11-14(15)20-19-16(6-8-23(20,21)3)22(2)7-5-13(24)9-12(22)10-17(19)27/h9,14-17,19-21,27H,4-8,10-11H2,1-3H3. The number of thiol groups is 1. The van der Waals surface area contributed by atoms with Crippen molar-refractivity contribution in [1.82, 2.24) is 0 Å². The van der Waals surface area contributed by atoms with Crippen molar-refractivity contribution in [3.8, 4) is 0 Å². The lowest BCUT2D eigenvalue weighted by Crippen LogP contribution is -2.56. The molecule has 0 radical (unpaired) electrons. The second kappa shape index (κ2) is 5.87. The Labute approximate surface area is 168 Å². The van der Waals surface area contributed by atoms with Crippen molar-refractivity contribution in [2.24, 2.45) is 40.4 Å². The summed E-state index contributed by atoms with van der Waals surface area (Å²) in [5, 5.41) is 0.326. The quantitative estimate of drug-likeness (QED) is 0.555. The fourth-order valence-electron chi connectivity index (χ4n) is 7.86. The first-order valence-corrected chi connectivity index (χ1v) is 11.4. The van der Waals surface area contributed by atoms with Gasteiger partial charge in [-0.2, -0.15) is 12.6 Å². The predicted octanol–water partition coefficient (Wildman–Crippen LogP) is 4.60.